The molecule has 192 valence electrons. The summed E-state index contributed by atoms with van der Waals surface area (Å²) in [5.41, 5.74) is 3.07. The summed E-state index contributed by atoms with van der Waals surface area (Å²) < 4.78 is 26.6. The van der Waals surface area contributed by atoms with Crippen LogP contribution in [0.2, 0.25) is 0 Å². The highest BCUT2D eigenvalue weighted by Gasteiger charge is 2.34. The number of esters is 1. The molecule has 0 spiro atoms. The van der Waals surface area contributed by atoms with Gasteiger partial charge >= 0.3 is 5.97 Å². The van der Waals surface area contributed by atoms with E-state index in [4.69, 9.17) is 9.47 Å². The second kappa shape index (κ2) is 10.2. The Kier molecular flexibility index (Phi) is 6.61. The monoisotopic (exact) mass is 513 g/mol. The summed E-state index contributed by atoms with van der Waals surface area (Å²) in [6.07, 6.45) is 1.40. The number of carbonyl (C=O) groups is 2. The minimum Gasteiger partial charge on any atom is -0.493 e. The van der Waals surface area contributed by atoms with Gasteiger partial charge in [0.25, 0.3) is 5.91 Å². The van der Waals surface area contributed by atoms with Crippen LogP contribution in [0.1, 0.15) is 34.5 Å². The quantitative estimate of drug-likeness (QED) is 0.279. The second-order valence-electron chi connectivity index (χ2n) is 8.64. The van der Waals surface area contributed by atoms with Crippen LogP contribution in [-0.2, 0) is 4.79 Å². The van der Waals surface area contributed by atoms with Crippen LogP contribution < -0.4 is 20.1 Å². The number of rotatable bonds is 6. The number of hydrogen-bond acceptors (Lipinski definition) is 7. The van der Waals surface area contributed by atoms with Gasteiger partial charge in [-0.3, -0.25) is 4.79 Å². The first kappa shape index (κ1) is 24.7. The molecule has 1 aliphatic rings. The van der Waals surface area contributed by atoms with E-state index in [0.29, 0.717) is 28.5 Å². The molecule has 38 heavy (non-hydrogen) atoms. The van der Waals surface area contributed by atoms with Gasteiger partial charge in [-0.2, -0.15) is 10.1 Å². The number of nitrogens with zero attached hydrogens (tertiary/aromatic N) is 3. The van der Waals surface area contributed by atoms with Crippen LogP contribution in [0.3, 0.4) is 0 Å². The molecule has 1 atom stereocenters. The predicted molar refractivity (Wildman–Crippen MR) is 139 cm³/mol. The van der Waals surface area contributed by atoms with E-state index in [0.717, 1.165) is 5.56 Å². The SMILES string of the molecule is COc1cc([C@H]2C(C(=O)Nc3ccccc3C)=C(C)Nc3ncnn32)ccc1OC(=O)c1ccccc1F. The second-order valence-corrected chi connectivity index (χ2v) is 8.64. The van der Waals surface area contributed by atoms with Gasteiger partial charge in [-0.25, -0.2) is 13.9 Å². The van der Waals surface area contributed by atoms with Crippen molar-refractivity contribution in [2.45, 2.75) is 19.9 Å². The summed E-state index contributed by atoms with van der Waals surface area (Å²) >= 11 is 0. The van der Waals surface area contributed by atoms with Crippen LogP contribution >= 0.6 is 0 Å². The van der Waals surface area contributed by atoms with Crippen molar-refractivity contribution in [1.82, 2.24) is 14.8 Å². The number of carbonyl (C=O) groups excluding carboxylic acids is 2. The molecule has 0 aliphatic carbocycles. The lowest BCUT2D eigenvalue weighted by Gasteiger charge is -2.29. The Hall–Kier alpha value is -4.99. The highest BCUT2D eigenvalue weighted by Crippen LogP contribution is 2.39. The summed E-state index contributed by atoms with van der Waals surface area (Å²) in [7, 11) is 1.43. The van der Waals surface area contributed by atoms with E-state index in [2.05, 4.69) is 20.7 Å². The topological polar surface area (TPSA) is 107 Å². The maximum atomic E-state index is 14.1. The molecule has 3 aromatic carbocycles. The van der Waals surface area contributed by atoms with Crippen LogP contribution in [-0.4, -0.2) is 33.8 Å². The Labute approximate surface area is 217 Å². The zero-order valence-electron chi connectivity index (χ0n) is 20.9. The summed E-state index contributed by atoms with van der Waals surface area (Å²) in [5, 5.41) is 10.5. The lowest BCUT2D eigenvalue weighted by atomic mass is 9.94. The zero-order chi connectivity index (χ0) is 26.8. The van der Waals surface area contributed by atoms with E-state index in [1.165, 1.54) is 37.7 Å². The molecule has 5 rings (SSSR count). The number of halogens is 1. The van der Waals surface area contributed by atoms with Crippen molar-refractivity contribution < 1.29 is 23.5 Å². The van der Waals surface area contributed by atoms with Crippen molar-refractivity contribution >= 4 is 23.5 Å². The molecule has 0 saturated carbocycles. The van der Waals surface area contributed by atoms with Gasteiger partial charge < -0.3 is 20.1 Å². The van der Waals surface area contributed by atoms with Gasteiger partial charge in [-0.05, 0) is 55.3 Å². The molecule has 9 nitrogen and oxygen atoms in total. The minimum atomic E-state index is -0.858. The first-order valence-electron chi connectivity index (χ1n) is 11.8. The van der Waals surface area contributed by atoms with Gasteiger partial charge in [-0.15, -0.1) is 0 Å². The van der Waals surface area contributed by atoms with Crippen LogP contribution in [0.15, 0.2) is 84.3 Å². The lowest BCUT2D eigenvalue weighted by Crippen LogP contribution is -2.31. The van der Waals surface area contributed by atoms with Gasteiger partial charge in [0.1, 0.15) is 18.2 Å². The Balaban J connectivity index is 1.51. The van der Waals surface area contributed by atoms with E-state index >= 15 is 0 Å². The van der Waals surface area contributed by atoms with Crippen molar-refractivity contribution in [3.8, 4) is 11.5 Å². The van der Waals surface area contributed by atoms with E-state index in [1.54, 1.807) is 29.8 Å². The fourth-order valence-corrected chi connectivity index (χ4v) is 4.32. The Morgan fingerprint density at radius 1 is 1.03 bits per heavy atom. The van der Waals surface area contributed by atoms with Crippen molar-refractivity contribution in [1.29, 1.82) is 0 Å². The Morgan fingerprint density at radius 2 is 1.79 bits per heavy atom. The van der Waals surface area contributed by atoms with E-state index in [-0.39, 0.29) is 23.0 Å². The molecule has 0 bridgehead atoms. The van der Waals surface area contributed by atoms with Crippen LogP contribution in [0.4, 0.5) is 16.0 Å². The molecule has 0 radical (unpaired) electrons. The number of nitrogens with one attached hydrogen (secondary N) is 2. The van der Waals surface area contributed by atoms with Gasteiger partial charge in [0.05, 0.1) is 18.2 Å². The first-order valence-corrected chi connectivity index (χ1v) is 11.8. The molecule has 0 unspecified atom stereocenters. The number of anilines is 2. The smallest absolute Gasteiger partial charge is 0.346 e. The van der Waals surface area contributed by atoms with Gasteiger partial charge in [0.15, 0.2) is 11.5 Å². The largest absolute Gasteiger partial charge is 0.493 e. The van der Waals surface area contributed by atoms with Crippen LogP contribution in [0, 0.1) is 12.7 Å². The number of benzene rings is 3. The summed E-state index contributed by atoms with van der Waals surface area (Å²) in [4.78, 5) is 30.4. The molecule has 1 amide bonds. The molecular weight excluding hydrogens is 489 g/mol. The Morgan fingerprint density at radius 3 is 2.55 bits per heavy atom. The minimum absolute atomic E-state index is 0.101. The summed E-state index contributed by atoms with van der Waals surface area (Å²) in [6.45, 7) is 3.70. The predicted octanol–water partition coefficient (Wildman–Crippen LogP) is 4.88. The number of amides is 1. The van der Waals surface area contributed by atoms with E-state index in [1.807, 2.05) is 31.2 Å². The van der Waals surface area contributed by atoms with E-state index < -0.39 is 17.8 Å². The van der Waals surface area contributed by atoms with Gasteiger partial charge in [-0.1, -0.05) is 36.4 Å². The number of aromatic nitrogens is 3. The molecule has 2 heterocycles. The third-order valence-electron chi connectivity index (χ3n) is 6.23. The maximum Gasteiger partial charge on any atom is 0.346 e. The fourth-order valence-electron chi connectivity index (χ4n) is 4.32. The molecule has 0 saturated heterocycles. The molecule has 10 heteroatoms. The average Bonchev–Trinajstić information content (AvgIpc) is 3.37. The number of fused-ring (bicyclic) bond motifs is 1. The van der Waals surface area contributed by atoms with Crippen molar-refractivity contribution in [3.63, 3.8) is 0 Å². The van der Waals surface area contributed by atoms with Gasteiger partial charge in [0, 0.05) is 11.4 Å². The first-order chi connectivity index (χ1) is 18.4. The molecule has 1 aromatic heterocycles. The summed E-state index contributed by atoms with van der Waals surface area (Å²) in [5.74, 6) is -1.07. The highest BCUT2D eigenvalue weighted by atomic mass is 19.1. The number of hydrogen-bond donors (Lipinski definition) is 2. The number of para-hydroxylation sites is 1. The van der Waals surface area contributed by atoms with Gasteiger partial charge in [0.2, 0.25) is 5.95 Å². The molecule has 0 fully saturated rings. The number of ether oxygens (including phenoxy) is 2. The third kappa shape index (κ3) is 4.59. The normalized spacial score (nSPS) is 14.4. The number of aryl methyl sites for hydroxylation is 1. The fraction of sp³-hybridized carbons (Fsp3) is 0.143. The Bertz CT molecular complexity index is 1580. The zero-order valence-corrected chi connectivity index (χ0v) is 20.9. The number of methoxy groups -OCH3 is 1. The highest BCUT2D eigenvalue weighted by molar-refractivity contribution is 6.06. The molecule has 2 N–H and O–H groups in total. The third-order valence-corrected chi connectivity index (χ3v) is 6.23. The van der Waals surface area contributed by atoms with Crippen molar-refractivity contribution in [3.05, 3.63) is 107 Å². The molecular formula is C28H24FN5O4. The van der Waals surface area contributed by atoms with Crippen molar-refractivity contribution in [2.75, 3.05) is 17.7 Å². The number of allylic oxidation sites excluding steroid dienone is 1. The maximum absolute atomic E-state index is 14.1. The van der Waals surface area contributed by atoms with Crippen molar-refractivity contribution in [2.24, 2.45) is 0 Å². The van der Waals surface area contributed by atoms with Crippen LogP contribution in [0.25, 0.3) is 0 Å². The summed E-state index contributed by atoms with van der Waals surface area (Å²) in [6, 6.07) is 17.3. The standard InChI is InChI=1S/C28H24FN5O4/c1-16-8-4-7-11-21(16)33-26(35)24-17(2)32-28-30-15-31-34(28)25(24)18-12-13-22(23(14-18)37-3)38-27(36)19-9-5-6-10-20(19)29/h4-15,25H,1-3H3,(H,33,35)(H,30,31,32)/t25-/m0/s1. The van der Waals surface area contributed by atoms with Crippen LogP contribution in [0.5, 0.6) is 11.5 Å². The molecule has 1 aliphatic heterocycles. The molecule has 4 aromatic rings. The lowest BCUT2D eigenvalue weighted by molar-refractivity contribution is -0.113. The average molecular weight is 514 g/mol. The van der Waals surface area contributed by atoms with E-state index in [9.17, 15) is 14.0 Å².